The highest BCUT2D eigenvalue weighted by Crippen LogP contribution is 2.40. The van der Waals surface area contributed by atoms with Crippen molar-refractivity contribution in [3.63, 3.8) is 0 Å². The molecule has 0 radical (unpaired) electrons. The van der Waals surface area contributed by atoms with E-state index >= 15 is 0 Å². The van der Waals surface area contributed by atoms with Crippen molar-refractivity contribution in [1.82, 2.24) is 0 Å². The summed E-state index contributed by atoms with van der Waals surface area (Å²) in [5.74, 6) is -0.736. The van der Waals surface area contributed by atoms with Gasteiger partial charge in [-0.25, -0.2) is 9.79 Å². The summed E-state index contributed by atoms with van der Waals surface area (Å²) >= 11 is 0. The number of hydrogen-bond donors (Lipinski definition) is 0. The van der Waals surface area contributed by atoms with Gasteiger partial charge in [-0.15, -0.1) is 0 Å². The van der Waals surface area contributed by atoms with Crippen LogP contribution in [0.3, 0.4) is 0 Å². The Kier molecular flexibility index (Phi) is 7.74. The third-order valence-corrected chi connectivity index (χ3v) is 6.13. The third kappa shape index (κ3) is 6.15. The molecule has 0 saturated heterocycles. The van der Waals surface area contributed by atoms with Crippen LogP contribution in [-0.2, 0) is 15.7 Å². The molecule has 0 saturated carbocycles. The maximum Gasteiger partial charge on any atom is 0.416 e. The molecule has 5 rings (SSSR count). The number of hydrogen-bond acceptors (Lipinski definition) is 7. The molecule has 42 heavy (non-hydrogen) atoms. The Morgan fingerprint density at radius 2 is 1.55 bits per heavy atom. The van der Waals surface area contributed by atoms with Gasteiger partial charge in [-0.1, -0.05) is 48.5 Å². The fourth-order valence-corrected chi connectivity index (χ4v) is 4.13. The van der Waals surface area contributed by atoms with Gasteiger partial charge in [-0.3, -0.25) is 10.1 Å². The van der Waals surface area contributed by atoms with Gasteiger partial charge in [0.2, 0.25) is 11.6 Å². The Balaban J connectivity index is 1.40. The summed E-state index contributed by atoms with van der Waals surface area (Å²) in [5, 5.41) is 11.5. The molecule has 0 bridgehead atoms. The van der Waals surface area contributed by atoms with Crippen LogP contribution in [0.25, 0.3) is 17.2 Å². The lowest BCUT2D eigenvalue weighted by atomic mass is 10.0. The van der Waals surface area contributed by atoms with E-state index in [0.29, 0.717) is 23.3 Å². The predicted octanol–water partition coefficient (Wildman–Crippen LogP) is 7.82. The Morgan fingerprint density at radius 3 is 2.21 bits per heavy atom. The van der Waals surface area contributed by atoms with E-state index in [0.717, 1.165) is 17.2 Å². The summed E-state index contributed by atoms with van der Waals surface area (Å²) in [6.07, 6.45) is -3.29. The Morgan fingerprint density at radius 1 is 0.881 bits per heavy atom. The van der Waals surface area contributed by atoms with Crippen molar-refractivity contribution < 1.29 is 37.1 Å². The van der Waals surface area contributed by atoms with E-state index in [1.54, 1.807) is 19.1 Å². The molecule has 0 aromatic heterocycles. The number of esters is 1. The van der Waals surface area contributed by atoms with Gasteiger partial charge in [0, 0.05) is 11.6 Å². The molecule has 0 fully saturated rings. The van der Waals surface area contributed by atoms with Crippen LogP contribution in [0.4, 0.5) is 18.9 Å². The molecule has 0 aliphatic carbocycles. The molecular formula is C31H21F3N2O6. The summed E-state index contributed by atoms with van der Waals surface area (Å²) in [4.78, 5) is 27.4. The number of aliphatic imine (C=N–C) groups is 1. The average Bonchev–Trinajstić information content (AvgIpc) is 3.34. The minimum atomic E-state index is -4.76. The van der Waals surface area contributed by atoms with Crippen LogP contribution in [0.1, 0.15) is 23.6 Å². The molecule has 1 aliphatic heterocycles. The molecule has 0 N–H and O–H groups in total. The number of alkyl halides is 3. The van der Waals surface area contributed by atoms with Gasteiger partial charge < -0.3 is 14.2 Å². The van der Waals surface area contributed by atoms with E-state index in [9.17, 15) is 28.1 Å². The van der Waals surface area contributed by atoms with Crippen LogP contribution < -0.4 is 9.47 Å². The molecule has 4 aromatic rings. The highest BCUT2D eigenvalue weighted by atomic mass is 19.4. The zero-order valence-corrected chi connectivity index (χ0v) is 21.9. The second-order valence-corrected chi connectivity index (χ2v) is 8.96. The van der Waals surface area contributed by atoms with E-state index < -0.39 is 34.1 Å². The maximum atomic E-state index is 13.1. The number of nitrogens with zero attached hydrogens (tertiary/aromatic N) is 2. The standard InChI is InChI=1S/C31H21F3N2O6/c1-2-40-28-17-19(8-14-27(28)41-26-15-13-23(31(32,33)34)18-25(26)36(38)39)16-24-30(37)42-29(35-24)22-11-9-21(10-12-22)20-6-4-3-5-7-20/h3-18H,2H2,1H3/b24-16-. The smallest absolute Gasteiger partial charge is 0.416 e. The lowest BCUT2D eigenvalue weighted by Crippen LogP contribution is -2.06. The normalized spacial score (nSPS) is 14.0. The number of ether oxygens (including phenoxy) is 3. The Hall–Kier alpha value is -5.45. The molecule has 11 heteroatoms. The molecule has 1 heterocycles. The number of rotatable bonds is 8. The van der Waals surface area contributed by atoms with Crippen molar-refractivity contribution in [2.75, 3.05) is 6.61 Å². The quantitative estimate of drug-likeness (QED) is 0.0921. The monoisotopic (exact) mass is 574 g/mol. The van der Waals surface area contributed by atoms with E-state index in [4.69, 9.17) is 14.2 Å². The average molecular weight is 575 g/mol. The molecule has 0 unspecified atom stereocenters. The molecule has 1 aliphatic rings. The van der Waals surface area contributed by atoms with Crippen molar-refractivity contribution in [2.24, 2.45) is 4.99 Å². The summed E-state index contributed by atoms with van der Waals surface area (Å²) in [6.45, 7) is 1.89. The fraction of sp³-hybridized carbons (Fsp3) is 0.0968. The summed E-state index contributed by atoms with van der Waals surface area (Å²) in [7, 11) is 0. The molecule has 4 aromatic carbocycles. The van der Waals surface area contributed by atoms with Crippen molar-refractivity contribution in [3.05, 3.63) is 123 Å². The van der Waals surface area contributed by atoms with Gasteiger partial charge in [-0.2, -0.15) is 13.2 Å². The predicted molar refractivity (Wildman–Crippen MR) is 148 cm³/mol. The van der Waals surface area contributed by atoms with Crippen LogP contribution in [0.15, 0.2) is 102 Å². The zero-order chi connectivity index (χ0) is 29.9. The topological polar surface area (TPSA) is 100 Å². The first-order valence-electron chi connectivity index (χ1n) is 12.6. The Bertz CT molecular complexity index is 1720. The zero-order valence-electron chi connectivity index (χ0n) is 21.9. The molecule has 0 amide bonds. The number of halogens is 3. The highest BCUT2D eigenvalue weighted by molar-refractivity contribution is 6.13. The van der Waals surface area contributed by atoms with Gasteiger partial charge in [-0.05, 0) is 66.1 Å². The minimum absolute atomic E-state index is 0.0264. The van der Waals surface area contributed by atoms with Crippen LogP contribution >= 0.6 is 0 Å². The number of cyclic esters (lactones) is 1. The number of nitro groups is 1. The van der Waals surface area contributed by atoms with E-state index in [-0.39, 0.29) is 29.7 Å². The number of benzene rings is 4. The Labute approximate surface area is 237 Å². The van der Waals surface area contributed by atoms with Crippen molar-refractivity contribution in [2.45, 2.75) is 13.1 Å². The number of carbonyl (C=O) groups excluding carboxylic acids is 1. The maximum absolute atomic E-state index is 13.1. The lowest BCUT2D eigenvalue weighted by molar-refractivity contribution is -0.385. The molecular weight excluding hydrogens is 553 g/mol. The highest BCUT2D eigenvalue weighted by Gasteiger charge is 2.33. The summed E-state index contributed by atoms with van der Waals surface area (Å²) < 4.78 is 55.8. The van der Waals surface area contributed by atoms with Gasteiger partial charge in [0.1, 0.15) is 0 Å². The van der Waals surface area contributed by atoms with Crippen LogP contribution in [0, 0.1) is 10.1 Å². The summed E-state index contributed by atoms with van der Waals surface area (Å²) in [5.41, 5.74) is 1.13. The van der Waals surface area contributed by atoms with Crippen LogP contribution in [0.2, 0.25) is 0 Å². The lowest BCUT2D eigenvalue weighted by Gasteiger charge is -2.13. The van der Waals surface area contributed by atoms with Crippen molar-refractivity contribution in [1.29, 1.82) is 0 Å². The molecule has 0 atom stereocenters. The number of carbonyl (C=O) groups is 1. The first kappa shape index (κ1) is 28.1. The van der Waals surface area contributed by atoms with Gasteiger partial charge in [0.05, 0.1) is 17.1 Å². The first-order chi connectivity index (χ1) is 20.1. The summed E-state index contributed by atoms with van der Waals surface area (Å²) in [6, 6.07) is 23.6. The number of nitro benzene ring substituents is 1. The molecule has 0 spiro atoms. The minimum Gasteiger partial charge on any atom is -0.490 e. The van der Waals surface area contributed by atoms with Gasteiger partial charge in [0.15, 0.2) is 17.2 Å². The van der Waals surface area contributed by atoms with E-state index in [1.807, 2.05) is 42.5 Å². The third-order valence-electron chi connectivity index (χ3n) is 6.13. The van der Waals surface area contributed by atoms with Gasteiger partial charge in [0.25, 0.3) is 0 Å². The second-order valence-electron chi connectivity index (χ2n) is 8.96. The molecule has 212 valence electrons. The first-order valence-corrected chi connectivity index (χ1v) is 12.6. The largest absolute Gasteiger partial charge is 0.490 e. The van der Waals surface area contributed by atoms with Crippen molar-refractivity contribution in [3.8, 4) is 28.4 Å². The second kappa shape index (κ2) is 11.6. The van der Waals surface area contributed by atoms with Gasteiger partial charge >= 0.3 is 17.8 Å². The SMILES string of the molecule is CCOc1cc(/C=C2\N=C(c3ccc(-c4ccccc4)cc3)OC2=O)ccc1Oc1ccc(C(F)(F)F)cc1[N+](=O)[O-]. The van der Waals surface area contributed by atoms with Crippen molar-refractivity contribution >= 4 is 23.6 Å². The van der Waals surface area contributed by atoms with Crippen LogP contribution in [0.5, 0.6) is 17.2 Å². The van der Waals surface area contributed by atoms with E-state index in [1.165, 1.54) is 24.3 Å². The van der Waals surface area contributed by atoms with Crippen LogP contribution in [-0.4, -0.2) is 23.4 Å². The molecule has 8 nitrogen and oxygen atoms in total. The fourth-order valence-electron chi connectivity index (χ4n) is 4.13. The van der Waals surface area contributed by atoms with E-state index in [2.05, 4.69) is 4.99 Å².